The second kappa shape index (κ2) is 5.14. The van der Waals surface area contributed by atoms with Gasteiger partial charge in [0.2, 0.25) is 5.91 Å². The summed E-state index contributed by atoms with van der Waals surface area (Å²) in [4.78, 5) is 16.5. The highest BCUT2D eigenvalue weighted by Crippen LogP contribution is 2.42. The van der Waals surface area contributed by atoms with Gasteiger partial charge in [-0.25, -0.2) is 0 Å². The molecule has 4 rings (SSSR count). The van der Waals surface area contributed by atoms with Crippen LogP contribution < -0.4 is 5.32 Å². The van der Waals surface area contributed by atoms with Crippen molar-refractivity contribution in [3.63, 3.8) is 0 Å². The Morgan fingerprint density at radius 3 is 3.05 bits per heavy atom. The fourth-order valence-electron chi connectivity index (χ4n) is 2.81. The Morgan fingerprint density at radius 1 is 1.27 bits per heavy atom. The third-order valence-corrected chi connectivity index (χ3v) is 5.10. The lowest BCUT2D eigenvalue weighted by Crippen LogP contribution is -2.15. The molecular formula is C16H14N4OS. The van der Waals surface area contributed by atoms with E-state index in [2.05, 4.69) is 33.6 Å². The average molecular weight is 310 g/mol. The summed E-state index contributed by atoms with van der Waals surface area (Å²) in [5.74, 6) is 1.20. The molecule has 0 aliphatic carbocycles. The van der Waals surface area contributed by atoms with Gasteiger partial charge in [-0.3, -0.25) is 14.5 Å². The lowest BCUT2D eigenvalue weighted by molar-refractivity contribution is -0.113. The SMILES string of the molecule is Cn1ncc2c1NC(=O)CS[C@@H]2c1cccc2cccnc12. The van der Waals surface area contributed by atoms with Crippen LogP contribution in [-0.4, -0.2) is 26.4 Å². The van der Waals surface area contributed by atoms with Gasteiger partial charge in [-0.2, -0.15) is 5.10 Å². The normalized spacial score (nSPS) is 17.9. The summed E-state index contributed by atoms with van der Waals surface area (Å²) in [6.45, 7) is 0. The van der Waals surface area contributed by atoms with Crippen LogP contribution >= 0.6 is 11.8 Å². The summed E-state index contributed by atoms with van der Waals surface area (Å²) >= 11 is 1.61. The first-order valence-electron chi connectivity index (χ1n) is 7.01. The minimum Gasteiger partial charge on any atom is -0.310 e. The molecule has 3 aromatic rings. The second-order valence-corrected chi connectivity index (χ2v) is 6.33. The van der Waals surface area contributed by atoms with E-state index in [1.165, 1.54) is 0 Å². The zero-order chi connectivity index (χ0) is 15.1. The number of carbonyl (C=O) groups excluding carboxylic acids is 1. The van der Waals surface area contributed by atoms with E-state index in [4.69, 9.17) is 0 Å². The Hall–Kier alpha value is -2.34. The molecule has 0 saturated carbocycles. The third kappa shape index (κ3) is 2.07. The van der Waals surface area contributed by atoms with Crippen molar-refractivity contribution in [1.29, 1.82) is 0 Å². The van der Waals surface area contributed by atoms with Gasteiger partial charge in [0, 0.05) is 24.2 Å². The minimum absolute atomic E-state index is 0.00514. The molecule has 1 aliphatic heterocycles. The zero-order valence-electron chi connectivity index (χ0n) is 12.0. The number of para-hydroxylation sites is 1. The van der Waals surface area contributed by atoms with Gasteiger partial charge in [0.25, 0.3) is 0 Å². The fourth-order valence-corrected chi connectivity index (χ4v) is 3.93. The molecule has 22 heavy (non-hydrogen) atoms. The number of benzene rings is 1. The summed E-state index contributed by atoms with van der Waals surface area (Å²) in [6.07, 6.45) is 3.64. The van der Waals surface area contributed by atoms with E-state index < -0.39 is 0 Å². The number of aryl methyl sites for hydroxylation is 1. The molecule has 0 saturated heterocycles. The van der Waals surface area contributed by atoms with Gasteiger partial charge >= 0.3 is 0 Å². The zero-order valence-corrected chi connectivity index (χ0v) is 12.8. The first-order chi connectivity index (χ1) is 10.7. The Morgan fingerprint density at radius 2 is 2.14 bits per heavy atom. The van der Waals surface area contributed by atoms with Crippen LogP contribution in [0.15, 0.2) is 42.7 Å². The molecule has 1 aliphatic rings. The number of hydrogen-bond donors (Lipinski definition) is 1. The van der Waals surface area contributed by atoms with Gasteiger partial charge < -0.3 is 5.32 Å². The van der Waals surface area contributed by atoms with E-state index in [1.807, 2.05) is 25.4 Å². The summed E-state index contributed by atoms with van der Waals surface area (Å²) in [5.41, 5.74) is 3.12. The van der Waals surface area contributed by atoms with Crippen molar-refractivity contribution in [1.82, 2.24) is 14.8 Å². The van der Waals surface area contributed by atoms with Crippen LogP contribution in [0.25, 0.3) is 10.9 Å². The van der Waals surface area contributed by atoms with E-state index in [1.54, 1.807) is 22.6 Å². The van der Waals surface area contributed by atoms with Crippen molar-refractivity contribution in [3.8, 4) is 0 Å². The molecule has 0 unspecified atom stereocenters. The number of anilines is 1. The van der Waals surface area contributed by atoms with E-state index in [-0.39, 0.29) is 11.2 Å². The van der Waals surface area contributed by atoms with Crippen LogP contribution in [0.3, 0.4) is 0 Å². The first-order valence-corrected chi connectivity index (χ1v) is 8.06. The van der Waals surface area contributed by atoms with Crippen LogP contribution in [0, 0.1) is 0 Å². The summed E-state index contributed by atoms with van der Waals surface area (Å²) in [5, 5.41) is 8.39. The number of hydrogen-bond acceptors (Lipinski definition) is 4. The number of amides is 1. The number of nitrogens with zero attached hydrogens (tertiary/aromatic N) is 3. The van der Waals surface area contributed by atoms with Gasteiger partial charge in [-0.05, 0) is 11.6 Å². The Balaban J connectivity index is 1.93. The maximum atomic E-state index is 11.9. The number of aromatic nitrogens is 3. The van der Waals surface area contributed by atoms with Crippen molar-refractivity contribution in [2.45, 2.75) is 5.25 Å². The standard InChI is InChI=1S/C16H14N4OS/c1-20-16-12(8-18-20)15(22-9-13(21)19-16)11-6-2-4-10-5-3-7-17-14(10)11/h2-8,15H,9H2,1H3,(H,19,21)/t15-/m1/s1. The molecular weight excluding hydrogens is 296 g/mol. The van der Waals surface area contributed by atoms with E-state index in [0.29, 0.717) is 5.75 Å². The highest BCUT2D eigenvalue weighted by molar-refractivity contribution is 8.00. The largest absolute Gasteiger partial charge is 0.310 e. The molecule has 6 heteroatoms. The maximum absolute atomic E-state index is 11.9. The monoisotopic (exact) mass is 310 g/mol. The Bertz CT molecular complexity index is 868. The van der Waals surface area contributed by atoms with Crippen molar-refractivity contribution in [2.24, 2.45) is 7.05 Å². The van der Waals surface area contributed by atoms with Crippen LogP contribution in [-0.2, 0) is 11.8 Å². The molecule has 1 atom stereocenters. The highest BCUT2D eigenvalue weighted by Gasteiger charge is 2.28. The van der Waals surface area contributed by atoms with Gasteiger partial charge in [0.05, 0.1) is 22.7 Å². The van der Waals surface area contributed by atoms with Crippen molar-refractivity contribution in [2.75, 3.05) is 11.1 Å². The van der Waals surface area contributed by atoms with E-state index >= 15 is 0 Å². The Kier molecular flexibility index (Phi) is 3.11. The predicted octanol–water partition coefficient (Wildman–Crippen LogP) is 2.74. The minimum atomic E-state index is 0.00514. The Labute approximate surface area is 131 Å². The first kappa shape index (κ1) is 13.3. The van der Waals surface area contributed by atoms with Crippen LogP contribution in [0.2, 0.25) is 0 Å². The average Bonchev–Trinajstić information content (AvgIpc) is 2.80. The van der Waals surface area contributed by atoms with E-state index in [0.717, 1.165) is 27.8 Å². The third-order valence-electron chi connectivity index (χ3n) is 3.83. The molecule has 5 nitrogen and oxygen atoms in total. The summed E-state index contributed by atoms with van der Waals surface area (Å²) in [7, 11) is 1.84. The van der Waals surface area contributed by atoms with Gasteiger partial charge in [0.15, 0.2) is 0 Å². The molecule has 3 heterocycles. The number of nitrogens with one attached hydrogen (secondary N) is 1. The summed E-state index contributed by atoms with van der Waals surface area (Å²) in [6, 6.07) is 10.2. The van der Waals surface area contributed by atoms with Gasteiger partial charge in [-0.1, -0.05) is 24.3 Å². The molecule has 1 N–H and O–H groups in total. The predicted molar refractivity (Wildman–Crippen MR) is 87.9 cm³/mol. The van der Waals surface area contributed by atoms with Crippen LogP contribution in [0.5, 0.6) is 0 Å². The molecule has 1 amide bonds. The fraction of sp³-hybridized carbons (Fsp3) is 0.188. The number of fused-ring (bicyclic) bond motifs is 2. The highest BCUT2D eigenvalue weighted by atomic mass is 32.2. The number of carbonyl (C=O) groups is 1. The van der Waals surface area contributed by atoms with E-state index in [9.17, 15) is 4.79 Å². The van der Waals surface area contributed by atoms with Crippen molar-refractivity contribution >= 4 is 34.4 Å². The maximum Gasteiger partial charge on any atom is 0.235 e. The van der Waals surface area contributed by atoms with Gasteiger partial charge in [-0.15, -0.1) is 11.8 Å². The van der Waals surface area contributed by atoms with Crippen molar-refractivity contribution in [3.05, 3.63) is 53.9 Å². The number of rotatable bonds is 1. The molecule has 0 radical (unpaired) electrons. The molecule has 0 bridgehead atoms. The molecule has 0 fully saturated rings. The van der Waals surface area contributed by atoms with Crippen LogP contribution in [0.4, 0.5) is 5.82 Å². The van der Waals surface area contributed by atoms with Crippen LogP contribution in [0.1, 0.15) is 16.4 Å². The lowest BCUT2D eigenvalue weighted by Gasteiger charge is -2.15. The summed E-state index contributed by atoms with van der Waals surface area (Å²) < 4.78 is 1.71. The second-order valence-electron chi connectivity index (χ2n) is 5.23. The molecule has 1 aromatic carbocycles. The molecule has 110 valence electrons. The lowest BCUT2D eigenvalue weighted by atomic mass is 10.0. The topological polar surface area (TPSA) is 59.8 Å². The number of thioether (sulfide) groups is 1. The molecule has 0 spiro atoms. The smallest absolute Gasteiger partial charge is 0.235 e. The quantitative estimate of drug-likeness (QED) is 0.751. The van der Waals surface area contributed by atoms with Gasteiger partial charge in [0.1, 0.15) is 5.82 Å². The molecule has 2 aromatic heterocycles. The number of pyridine rings is 1. The van der Waals surface area contributed by atoms with Crippen molar-refractivity contribution < 1.29 is 4.79 Å².